The van der Waals surface area contributed by atoms with Crippen LogP contribution in [0.5, 0.6) is 0 Å². The second-order valence-corrected chi connectivity index (χ2v) is 5.18. The van der Waals surface area contributed by atoms with Crippen molar-refractivity contribution >= 4 is 11.9 Å². The van der Waals surface area contributed by atoms with E-state index < -0.39 is 12.0 Å². The van der Waals surface area contributed by atoms with Crippen LogP contribution in [0.25, 0.3) is 0 Å². The number of allylic oxidation sites excluding steroid dienone is 1. The molecule has 1 saturated carbocycles. The van der Waals surface area contributed by atoms with Gasteiger partial charge in [0, 0.05) is 12.6 Å². The number of rotatable bonds is 2. The lowest BCUT2D eigenvalue weighted by atomic mass is 10.1. The van der Waals surface area contributed by atoms with Gasteiger partial charge in [-0.25, -0.2) is 4.79 Å². The largest absolute Gasteiger partial charge is 0.480 e. The number of likely N-dealkylation sites (tertiary alicyclic amines) is 1. The smallest absolute Gasteiger partial charge is 0.326 e. The lowest BCUT2D eigenvalue weighted by Crippen LogP contribution is -2.39. The molecule has 1 aliphatic carbocycles. The lowest BCUT2D eigenvalue weighted by molar-refractivity contribution is -0.146. The van der Waals surface area contributed by atoms with E-state index >= 15 is 0 Å². The third kappa shape index (κ3) is 2.68. The van der Waals surface area contributed by atoms with Crippen molar-refractivity contribution < 1.29 is 14.7 Å². The first-order chi connectivity index (χ1) is 8.08. The molecule has 0 aromatic rings. The van der Waals surface area contributed by atoms with Crippen LogP contribution in [0.15, 0.2) is 11.6 Å². The molecule has 17 heavy (non-hydrogen) atoms. The first-order valence-corrected chi connectivity index (χ1v) is 6.31. The van der Waals surface area contributed by atoms with Crippen molar-refractivity contribution in [1.29, 1.82) is 0 Å². The minimum absolute atomic E-state index is 0.112. The molecule has 0 radical (unpaired) electrons. The summed E-state index contributed by atoms with van der Waals surface area (Å²) in [5.41, 5.74) is 1.18. The molecule has 0 aromatic heterocycles. The maximum atomic E-state index is 12.0. The molecule has 1 heterocycles. The number of carbonyl (C=O) groups excluding carboxylic acids is 1. The zero-order valence-electron chi connectivity index (χ0n) is 10.2. The molecule has 0 spiro atoms. The van der Waals surface area contributed by atoms with Gasteiger partial charge in [0.1, 0.15) is 6.04 Å². The average molecular weight is 237 g/mol. The number of carbonyl (C=O) groups is 2. The Morgan fingerprint density at radius 1 is 1.41 bits per heavy atom. The predicted octanol–water partition coefficient (Wildman–Crippen LogP) is 1.81. The number of aliphatic carboxylic acids is 1. The summed E-state index contributed by atoms with van der Waals surface area (Å²) in [6, 6.07) is -0.613. The number of nitrogens with zero attached hydrogens (tertiary/aromatic N) is 1. The molecule has 2 rings (SSSR count). The Balaban J connectivity index is 2.02. The van der Waals surface area contributed by atoms with Crippen LogP contribution in [0.1, 0.15) is 39.0 Å². The number of hydrogen-bond acceptors (Lipinski definition) is 2. The van der Waals surface area contributed by atoms with E-state index in [-0.39, 0.29) is 5.91 Å². The Morgan fingerprint density at radius 3 is 2.76 bits per heavy atom. The minimum atomic E-state index is -0.881. The van der Waals surface area contributed by atoms with Gasteiger partial charge in [-0.15, -0.1) is 0 Å². The van der Waals surface area contributed by atoms with Crippen LogP contribution in [0.4, 0.5) is 0 Å². The maximum Gasteiger partial charge on any atom is 0.326 e. The van der Waals surface area contributed by atoms with Gasteiger partial charge in [-0.05, 0) is 38.0 Å². The molecule has 4 nitrogen and oxygen atoms in total. The third-order valence-electron chi connectivity index (χ3n) is 3.72. The molecule has 2 fully saturated rings. The van der Waals surface area contributed by atoms with Gasteiger partial charge < -0.3 is 10.0 Å². The Morgan fingerprint density at radius 2 is 2.18 bits per heavy atom. The maximum absolute atomic E-state index is 12.0. The normalized spacial score (nSPS) is 31.1. The molecule has 0 unspecified atom stereocenters. The second kappa shape index (κ2) is 4.90. The molecule has 1 saturated heterocycles. The van der Waals surface area contributed by atoms with E-state index in [1.54, 1.807) is 6.08 Å². The van der Waals surface area contributed by atoms with E-state index in [1.165, 1.54) is 10.5 Å². The standard InChI is InChI=1S/C13H19NO3/c1-9-4-5-10(7-9)8-12(15)14-6-2-3-11(14)13(16)17/h8-9,11H,2-7H2,1H3,(H,16,17)/b10-8-/t9-,11+/m1/s1. The zero-order valence-corrected chi connectivity index (χ0v) is 10.2. The highest BCUT2D eigenvalue weighted by Gasteiger charge is 2.33. The minimum Gasteiger partial charge on any atom is -0.480 e. The van der Waals surface area contributed by atoms with Crippen molar-refractivity contribution in [2.24, 2.45) is 5.92 Å². The van der Waals surface area contributed by atoms with E-state index in [0.717, 1.165) is 25.7 Å². The van der Waals surface area contributed by atoms with Crippen molar-refractivity contribution in [3.8, 4) is 0 Å². The number of hydrogen-bond donors (Lipinski definition) is 1. The van der Waals surface area contributed by atoms with Crippen LogP contribution in [0.2, 0.25) is 0 Å². The molecular weight excluding hydrogens is 218 g/mol. The fourth-order valence-corrected chi connectivity index (χ4v) is 2.76. The fraction of sp³-hybridized carbons (Fsp3) is 0.692. The predicted molar refractivity (Wildman–Crippen MR) is 63.5 cm³/mol. The van der Waals surface area contributed by atoms with Crippen LogP contribution < -0.4 is 0 Å². The first-order valence-electron chi connectivity index (χ1n) is 6.31. The SMILES string of the molecule is C[C@@H]1CC/C(=C/C(=O)N2CCC[C@H]2C(=O)O)C1. The number of carboxylic acids is 1. The van der Waals surface area contributed by atoms with Crippen molar-refractivity contribution in [2.75, 3.05) is 6.54 Å². The van der Waals surface area contributed by atoms with Gasteiger partial charge in [0.05, 0.1) is 0 Å². The summed E-state index contributed by atoms with van der Waals surface area (Å²) >= 11 is 0. The molecule has 0 aromatic carbocycles. The Labute approximate surface area is 101 Å². The molecular formula is C13H19NO3. The molecule has 1 aliphatic heterocycles. The van der Waals surface area contributed by atoms with Gasteiger partial charge in [-0.3, -0.25) is 4.79 Å². The van der Waals surface area contributed by atoms with Crippen molar-refractivity contribution in [2.45, 2.75) is 45.1 Å². The van der Waals surface area contributed by atoms with Crippen LogP contribution in [-0.4, -0.2) is 34.5 Å². The highest BCUT2D eigenvalue weighted by atomic mass is 16.4. The van der Waals surface area contributed by atoms with Gasteiger partial charge in [-0.2, -0.15) is 0 Å². The van der Waals surface area contributed by atoms with Crippen molar-refractivity contribution in [1.82, 2.24) is 4.90 Å². The highest BCUT2D eigenvalue weighted by molar-refractivity contribution is 5.92. The fourth-order valence-electron chi connectivity index (χ4n) is 2.76. The van der Waals surface area contributed by atoms with Crippen LogP contribution in [0, 0.1) is 5.92 Å². The van der Waals surface area contributed by atoms with E-state index in [4.69, 9.17) is 5.11 Å². The van der Waals surface area contributed by atoms with Gasteiger partial charge >= 0.3 is 5.97 Å². The quantitative estimate of drug-likeness (QED) is 0.745. The summed E-state index contributed by atoms with van der Waals surface area (Å²) in [5, 5.41) is 9.02. The summed E-state index contributed by atoms with van der Waals surface area (Å²) < 4.78 is 0. The highest BCUT2D eigenvalue weighted by Crippen LogP contribution is 2.30. The summed E-state index contributed by atoms with van der Waals surface area (Å²) in [6.45, 7) is 2.76. The van der Waals surface area contributed by atoms with Gasteiger partial charge in [-0.1, -0.05) is 12.5 Å². The van der Waals surface area contributed by atoms with Crippen LogP contribution in [-0.2, 0) is 9.59 Å². The molecule has 1 N–H and O–H groups in total. The molecule has 4 heteroatoms. The molecule has 2 aliphatic rings. The Bertz CT molecular complexity index is 362. The van der Waals surface area contributed by atoms with E-state index in [1.807, 2.05) is 0 Å². The van der Waals surface area contributed by atoms with Crippen LogP contribution in [0.3, 0.4) is 0 Å². The topological polar surface area (TPSA) is 57.6 Å². The Kier molecular flexibility index (Phi) is 3.50. The second-order valence-electron chi connectivity index (χ2n) is 5.18. The van der Waals surface area contributed by atoms with E-state index in [0.29, 0.717) is 18.9 Å². The van der Waals surface area contributed by atoms with Gasteiger partial charge in [0.25, 0.3) is 0 Å². The third-order valence-corrected chi connectivity index (χ3v) is 3.72. The molecule has 94 valence electrons. The van der Waals surface area contributed by atoms with Gasteiger partial charge in [0.15, 0.2) is 0 Å². The van der Waals surface area contributed by atoms with E-state index in [9.17, 15) is 9.59 Å². The molecule has 0 bridgehead atoms. The number of carboxylic acid groups (broad SMARTS) is 1. The average Bonchev–Trinajstić information content (AvgIpc) is 2.86. The lowest BCUT2D eigenvalue weighted by Gasteiger charge is -2.19. The summed E-state index contributed by atoms with van der Waals surface area (Å²) in [4.78, 5) is 24.5. The Hall–Kier alpha value is -1.32. The summed E-state index contributed by atoms with van der Waals surface area (Å²) in [6.07, 6.45) is 6.16. The molecule has 2 atom stereocenters. The van der Waals surface area contributed by atoms with Crippen molar-refractivity contribution in [3.05, 3.63) is 11.6 Å². The zero-order chi connectivity index (χ0) is 12.4. The monoisotopic (exact) mass is 237 g/mol. The van der Waals surface area contributed by atoms with E-state index in [2.05, 4.69) is 6.92 Å². The summed E-state index contributed by atoms with van der Waals surface area (Å²) in [5.74, 6) is -0.337. The van der Waals surface area contributed by atoms with Gasteiger partial charge in [0.2, 0.25) is 5.91 Å². The van der Waals surface area contributed by atoms with Crippen molar-refractivity contribution in [3.63, 3.8) is 0 Å². The molecule has 1 amide bonds. The number of amides is 1. The summed E-state index contributed by atoms with van der Waals surface area (Å²) in [7, 11) is 0. The van der Waals surface area contributed by atoms with Crippen LogP contribution >= 0.6 is 0 Å². The first kappa shape index (κ1) is 12.1.